The van der Waals surface area contributed by atoms with Crippen LogP contribution in [0.5, 0.6) is 11.5 Å². The molecule has 0 aromatic heterocycles. The maximum Gasteiger partial charge on any atom is 0.363 e. The molecular weight excluding hydrogens is 386 g/mol. The van der Waals surface area contributed by atoms with Gasteiger partial charge in [0.25, 0.3) is 11.4 Å². The molecule has 0 aliphatic carbocycles. The van der Waals surface area contributed by atoms with E-state index in [1.165, 1.54) is 20.3 Å². The van der Waals surface area contributed by atoms with Crippen LogP contribution in [0.1, 0.15) is 11.1 Å². The van der Waals surface area contributed by atoms with E-state index in [4.69, 9.17) is 14.2 Å². The van der Waals surface area contributed by atoms with E-state index in [1.54, 1.807) is 18.2 Å². The Kier molecular flexibility index (Phi) is 5.21. The van der Waals surface area contributed by atoms with E-state index in [0.29, 0.717) is 17.1 Å². The van der Waals surface area contributed by atoms with Gasteiger partial charge in [0.1, 0.15) is 0 Å². The zero-order valence-corrected chi connectivity index (χ0v) is 15.1. The minimum Gasteiger partial charge on any atom is -0.493 e. The van der Waals surface area contributed by atoms with Crippen molar-refractivity contribution in [2.24, 2.45) is 4.99 Å². The highest BCUT2D eigenvalue weighted by Crippen LogP contribution is 2.30. The second-order valence-electron chi connectivity index (χ2n) is 5.70. The average Bonchev–Trinajstić information content (AvgIpc) is 3.07. The summed E-state index contributed by atoms with van der Waals surface area (Å²) in [5, 5.41) is 22.1. The quantitative estimate of drug-likeness (QED) is 0.312. The number of rotatable bonds is 6. The molecule has 0 saturated heterocycles. The van der Waals surface area contributed by atoms with Crippen LogP contribution in [0.2, 0.25) is 0 Å². The predicted molar refractivity (Wildman–Crippen MR) is 99.9 cm³/mol. The summed E-state index contributed by atoms with van der Waals surface area (Å²) in [6, 6.07) is 7.80. The molecule has 11 nitrogen and oxygen atoms in total. The summed E-state index contributed by atoms with van der Waals surface area (Å²) in [7, 11) is 2.95. The normalized spacial score (nSPS) is 14.3. The van der Waals surface area contributed by atoms with Crippen LogP contribution in [-0.4, -0.2) is 35.9 Å². The van der Waals surface area contributed by atoms with Gasteiger partial charge in [-0.05, 0) is 23.8 Å². The van der Waals surface area contributed by atoms with Crippen molar-refractivity contribution in [2.45, 2.75) is 0 Å². The van der Waals surface area contributed by atoms with Crippen molar-refractivity contribution in [1.82, 2.24) is 0 Å². The lowest BCUT2D eigenvalue weighted by atomic mass is 10.1. The van der Waals surface area contributed by atoms with Crippen LogP contribution in [-0.2, 0) is 9.53 Å². The van der Waals surface area contributed by atoms with Crippen molar-refractivity contribution < 1.29 is 28.9 Å². The van der Waals surface area contributed by atoms with Gasteiger partial charge in [0, 0.05) is 12.1 Å². The van der Waals surface area contributed by atoms with Crippen molar-refractivity contribution in [1.29, 1.82) is 0 Å². The smallest absolute Gasteiger partial charge is 0.363 e. The van der Waals surface area contributed by atoms with Crippen LogP contribution in [0.3, 0.4) is 0 Å². The third-order valence-electron chi connectivity index (χ3n) is 3.90. The molecule has 0 spiro atoms. The van der Waals surface area contributed by atoms with Crippen LogP contribution in [0.15, 0.2) is 47.1 Å². The van der Waals surface area contributed by atoms with Gasteiger partial charge in [-0.25, -0.2) is 9.79 Å². The van der Waals surface area contributed by atoms with E-state index >= 15 is 0 Å². The van der Waals surface area contributed by atoms with E-state index in [2.05, 4.69) is 4.99 Å². The molecule has 29 heavy (non-hydrogen) atoms. The number of hydrogen-bond donors (Lipinski definition) is 0. The van der Waals surface area contributed by atoms with Crippen LogP contribution < -0.4 is 9.47 Å². The molecule has 0 radical (unpaired) electrons. The first-order chi connectivity index (χ1) is 13.8. The molecule has 0 fully saturated rings. The van der Waals surface area contributed by atoms with Crippen molar-refractivity contribution in [2.75, 3.05) is 14.2 Å². The minimum atomic E-state index is -0.802. The Morgan fingerprint density at radius 2 is 1.59 bits per heavy atom. The lowest BCUT2D eigenvalue weighted by molar-refractivity contribution is -0.394. The van der Waals surface area contributed by atoms with Gasteiger partial charge < -0.3 is 14.2 Å². The highest BCUT2D eigenvalue weighted by Gasteiger charge is 2.27. The Morgan fingerprint density at radius 1 is 0.966 bits per heavy atom. The molecule has 0 saturated carbocycles. The number of nitro groups is 2. The maximum absolute atomic E-state index is 12.1. The molecule has 0 atom stereocenters. The molecule has 2 aromatic rings. The highest BCUT2D eigenvalue weighted by atomic mass is 16.6. The molecule has 3 rings (SSSR count). The summed E-state index contributed by atoms with van der Waals surface area (Å²) in [4.78, 5) is 36.7. The lowest BCUT2D eigenvalue weighted by Gasteiger charge is -2.07. The number of ether oxygens (including phenoxy) is 3. The standard InChI is InChI=1S/C18H13N3O8/c1-27-15-4-3-10(6-16(15)28-2)5-14-18(22)29-17(19-14)11-7-12(20(23)24)9-13(8-11)21(25)26/h3-9H,1-2H3/b14-5-. The minimum absolute atomic E-state index is 0.0602. The Morgan fingerprint density at radius 3 is 2.14 bits per heavy atom. The fourth-order valence-electron chi connectivity index (χ4n) is 2.56. The van der Waals surface area contributed by atoms with Crippen LogP contribution in [0, 0.1) is 20.2 Å². The van der Waals surface area contributed by atoms with E-state index < -0.39 is 27.2 Å². The number of hydrogen-bond acceptors (Lipinski definition) is 9. The number of carbonyl (C=O) groups is 1. The molecule has 1 aliphatic heterocycles. The number of carbonyl (C=O) groups excluding carboxylic acids is 1. The zero-order valence-electron chi connectivity index (χ0n) is 15.1. The van der Waals surface area contributed by atoms with Gasteiger partial charge in [0.2, 0.25) is 5.90 Å². The number of benzene rings is 2. The summed E-state index contributed by atoms with van der Waals surface area (Å²) < 4.78 is 15.4. The molecule has 0 amide bonds. The average molecular weight is 399 g/mol. The van der Waals surface area contributed by atoms with Gasteiger partial charge >= 0.3 is 5.97 Å². The molecule has 1 heterocycles. The Hall–Kier alpha value is -4.28. The molecule has 0 bridgehead atoms. The first kappa shape index (κ1) is 19.5. The molecule has 11 heteroatoms. The first-order valence-electron chi connectivity index (χ1n) is 8.01. The molecule has 2 aromatic carbocycles. The van der Waals surface area contributed by atoms with E-state index in [0.717, 1.165) is 18.2 Å². The molecular formula is C18H13N3O8. The van der Waals surface area contributed by atoms with Crippen molar-refractivity contribution >= 4 is 29.3 Å². The predicted octanol–water partition coefficient (Wildman–Crippen LogP) is 2.86. The van der Waals surface area contributed by atoms with Gasteiger partial charge in [-0.15, -0.1) is 0 Å². The third-order valence-corrected chi connectivity index (χ3v) is 3.90. The number of nitro benzene ring substituents is 2. The number of nitrogens with zero attached hydrogens (tertiary/aromatic N) is 3. The number of cyclic esters (lactones) is 1. The fourth-order valence-corrected chi connectivity index (χ4v) is 2.56. The SMILES string of the molecule is COc1ccc(/C=C2\N=C(c3cc([N+](=O)[O-])cc([N+](=O)[O-])c3)OC2=O)cc1OC. The summed E-state index contributed by atoms with van der Waals surface area (Å²) in [6.45, 7) is 0. The summed E-state index contributed by atoms with van der Waals surface area (Å²) in [5.74, 6) is -0.138. The van der Waals surface area contributed by atoms with E-state index in [1.807, 2.05) is 0 Å². The zero-order chi connectivity index (χ0) is 21.1. The largest absolute Gasteiger partial charge is 0.493 e. The number of non-ortho nitro benzene ring substituents is 2. The van der Waals surface area contributed by atoms with Crippen LogP contribution in [0.25, 0.3) is 6.08 Å². The van der Waals surface area contributed by atoms with Crippen LogP contribution >= 0.6 is 0 Å². The van der Waals surface area contributed by atoms with Gasteiger partial charge in [-0.3, -0.25) is 20.2 Å². The van der Waals surface area contributed by atoms with Gasteiger partial charge in [-0.2, -0.15) is 0 Å². The van der Waals surface area contributed by atoms with Gasteiger partial charge in [0.15, 0.2) is 17.2 Å². The second kappa shape index (κ2) is 7.76. The van der Waals surface area contributed by atoms with E-state index in [-0.39, 0.29) is 17.2 Å². The second-order valence-corrected chi connectivity index (χ2v) is 5.70. The summed E-state index contributed by atoms with van der Waals surface area (Å²) >= 11 is 0. The molecule has 1 aliphatic rings. The molecule has 148 valence electrons. The molecule has 0 unspecified atom stereocenters. The monoisotopic (exact) mass is 399 g/mol. The topological polar surface area (TPSA) is 143 Å². The first-order valence-corrected chi connectivity index (χ1v) is 8.01. The number of methoxy groups -OCH3 is 2. The summed E-state index contributed by atoms with van der Waals surface area (Å²) in [6.07, 6.45) is 1.42. The maximum atomic E-state index is 12.1. The Labute approximate surface area is 163 Å². The lowest BCUT2D eigenvalue weighted by Crippen LogP contribution is -2.06. The number of esters is 1. The van der Waals surface area contributed by atoms with Gasteiger partial charge in [0.05, 0.1) is 35.7 Å². The molecule has 0 N–H and O–H groups in total. The van der Waals surface area contributed by atoms with Crippen molar-refractivity contribution in [3.8, 4) is 11.5 Å². The summed E-state index contributed by atoms with van der Waals surface area (Å²) in [5.41, 5.74) is -0.628. The fraction of sp³-hybridized carbons (Fsp3) is 0.111. The van der Waals surface area contributed by atoms with Gasteiger partial charge in [-0.1, -0.05) is 6.07 Å². The number of aliphatic imine (C=N–C) groups is 1. The van der Waals surface area contributed by atoms with Crippen molar-refractivity contribution in [3.05, 3.63) is 73.5 Å². The Bertz CT molecular complexity index is 1060. The Balaban J connectivity index is 2.01. The third kappa shape index (κ3) is 4.03. The highest BCUT2D eigenvalue weighted by molar-refractivity contribution is 6.13. The van der Waals surface area contributed by atoms with Crippen LogP contribution in [0.4, 0.5) is 11.4 Å². The van der Waals surface area contributed by atoms with E-state index in [9.17, 15) is 25.0 Å². The van der Waals surface area contributed by atoms with Crippen molar-refractivity contribution in [3.63, 3.8) is 0 Å².